The van der Waals surface area contributed by atoms with E-state index >= 15 is 0 Å². The maximum Gasteiger partial charge on any atom is 0.334 e. The number of carbonyl (C=O) groups excluding carboxylic acids is 3. The molecule has 1 N–H and O–H groups in total. The van der Waals surface area contributed by atoms with Crippen molar-refractivity contribution >= 4 is 17.7 Å². The molecule has 3 aliphatic carbocycles. The van der Waals surface area contributed by atoms with E-state index in [0.29, 0.717) is 30.4 Å². The summed E-state index contributed by atoms with van der Waals surface area (Å²) in [6.07, 6.45) is 3.62. The molecule has 0 unspecified atom stereocenters. The van der Waals surface area contributed by atoms with E-state index in [0.717, 1.165) is 0 Å². The van der Waals surface area contributed by atoms with Gasteiger partial charge in [0.25, 0.3) is 0 Å². The van der Waals surface area contributed by atoms with Crippen LogP contribution in [0.15, 0.2) is 23.3 Å². The van der Waals surface area contributed by atoms with Crippen LogP contribution >= 0.6 is 0 Å². The zero-order chi connectivity index (χ0) is 20.6. The average Bonchev–Trinajstić information content (AvgIpc) is 2.87. The second-order valence-corrected chi connectivity index (χ2v) is 9.62. The minimum Gasteiger partial charge on any atom is -0.455 e. The van der Waals surface area contributed by atoms with E-state index in [1.165, 1.54) is 6.92 Å². The highest BCUT2D eigenvalue weighted by molar-refractivity contribution is 5.96. The van der Waals surface area contributed by atoms with Crippen molar-refractivity contribution < 1.29 is 29.0 Å². The molecule has 0 radical (unpaired) electrons. The second-order valence-electron chi connectivity index (χ2n) is 9.62. The Balaban J connectivity index is 1.86. The number of ether oxygens (including phenoxy) is 2. The number of hydrogen-bond donors (Lipinski definition) is 1. The van der Waals surface area contributed by atoms with Crippen molar-refractivity contribution in [2.24, 2.45) is 22.7 Å². The van der Waals surface area contributed by atoms with Gasteiger partial charge in [-0.15, -0.1) is 0 Å². The molecule has 2 saturated carbocycles. The maximum atomic E-state index is 12.5. The lowest BCUT2D eigenvalue weighted by molar-refractivity contribution is -0.216. The SMILES string of the molecule is CC(=O)O[C@H]1C2=C(C)C(=O)O[C@@H]2C[C@H]2[C@@]3(C)C=CC(=O)C(C)(C)[C@H]3CC[C@@]12O. The van der Waals surface area contributed by atoms with Gasteiger partial charge in [-0.05, 0) is 43.6 Å². The number of fused-ring (bicyclic) bond motifs is 4. The van der Waals surface area contributed by atoms with E-state index in [1.54, 1.807) is 13.0 Å². The largest absolute Gasteiger partial charge is 0.455 e. The Morgan fingerprint density at radius 3 is 2.57 bits per heavy atom. The van der Waals surface area contributed by atoms with E-state index in [-0.39, 0.29) is 17.6 Å². The van der Waals surface area contributed by atoms with Crippen LogP contribution in [-0.2, 0) is 23.9 Å². The van der Waals surface area contributed by atoms with Crippen molar-refractivity contribution in [3.05, 3.63) is 23.3 Å². The minimum atomic E-state index is -1.31. The minimum absolute atomic E-state index is 0.0458. The smallest absolute Gasteiger partial charge is 0.334 e. The standard InChI is InChI=1S/C22H28O6/c1-11-17-13(28-19(11)25)10-15-21(5)8-7-16(24)20(3,4)14(21)6-9-22(15,26)18(17)27-12(2)23/h7-8,13-15,18,26H,6,9-10H2,1-5H3/t13-,14-,15+,18+,21+,22+/m1/s1. The normalized spacial score (nSPS) is 43.8. The first kappa shape index (κ1) is 19.4. The number of hydrogen-bond acceptors (Lipinski definition) is 6. The Kier molecular flexibility index (Phi) is 4.00. The molecule has 0 amide bonds. The molecule has 1 heterocycles. The van der Waals surface area contributed by atoms with Gasteiger partial charge in [-0.2, -0.15) is 0 Å². The number of allylic oxidation sites excluding steroid dienone is 2. The van der Waals surface area contributed by atoms with E-state index in [9.17, 15) is 19.5 Å². The lowest BCUT2D eigenvalue weighted by atomic mass is 9.44. The van der Waals surface area contributed by atoms with Gasteiger partial charge in [-0.25, -0.2) is 4.79 Å². The quantitative estimate of drug-likeness (QED) is 0.694. The fourth-order valence-corrected chi connectivity index (χ4v) is 6.42. The van der Waals surface area contributed by atoms with Crippen molar-refractivity contribution in [3.8, 4) is 0 Å². The summed E-state index contributed by atoms with van der Waals surface area (Å²) in [5.74, 6) is -1.09. The Labute approximate surface area is 165 Å². The Hall–Kier alpha value is -1.95. The molecule has 2 fully saturated rings. The summed E-state index contributed by atoms with van der Waals surface area (Å²) in [7, 11) is 0. The lowest BCUT2D eigenvalue weighted by Crippen LogP contribution is -2.67. The summed E-state index contributed by atoms with van der Waals surface area (Å²) in [6.45, 7) is 8.96. The van der Waals surface area contributed by atoms with Crippen molar-refractivity contribution in [2.75, 3.05) is 0 Å². The van der Waals surface area contributed by atoms with Crippen molar-refractivity contribution in [1.29, 1.82) is 0 Å². The molecule has 28 heavy (non-hydrogen) atoms. The van der Waals surface area contributed by atoms with Crippen LogP contribution in [0.1, 0.15) is 53.9 Å². The molecule has 4 aliphatic rings. The van der Waals surface area contributed by atoms with Crippen LogP contribution in [0, 0.1) is 22.7 Å². The van der Waals surface area contributed by atoms with Crippen molar-refractivity contribution in [3.63, 3.8) is 0 Å². The lowest BCUT2D eigenvalue weighted by Gasteiger charge is -2.62. The predicted molar refractivity (Wildman–Crippen MR) is 99.9 cm³/mol. The first-order valence-corrected chi connectivity index (χ1v) is 9.98. The third-order valence-corrected chi connectivity index (χ3v) is 7.84. The van der Waals surface area contributed by atoms with Crippen molar-refractivity contribution in [1.82, 2.24) is 0 Å². The van der Waals surface area contributed by atoms with Crippen LogP contribution < -0.4 is 0 Å². The highest BCUT2D eigenvalue weighted by atomic mass is 16.6. The third-order valence-electron chi connectivity index (χ3n) is 7.84. The monoisotopic (exact) mass is 388 g/mol. The van der Waals surface area contributed by atoms with Crippen LogP contribution in [0.3, 0.4) is 0 Å². The molecular formula is C22H28O6. The molecule has 6 heteroatoms. The summed E-state index contributed by atoms with van der Waals surface area (Å²) in [5, 5.41) is 11.9. The van der Waals surface area contributed by atoms with Gasteiger partial charge in [0.1, 0.15) is 11.7 Å². The van der Waals surface area contributed by atoms with Gasteiger partial charge in [0.2, 0.25) is 0 Å². The first-order valence-electron chi connectivity index (χ1n) is 9.98. The van der Waals surface area contributed by atoms with Crippen molar-refractivity contribution in [2.45, 2.75) is 71.7 Å². The van der Waals surface area contributed by atoms with Crippen LogP contribution in [-0.4, -0.2) is 40.6 Å². The number of esters is 2. The fourth-order valence-electron chi connectivity index (χ4n) is 6.42. The molecule has 152 valence electrons. The molecule has 0 spiro atoms. The zero-order valence-corrected chi connectivity index (χ0v) is 17.1. The van der Waals surface area contributed by atoms with Gasteiger partial charge in [-0.3, -0.25) is 9.59 Å². The zero-order valence-electron chi connectivity index (χ0n) is 17.1. The highest BCUT2D eigenvalue weighted by Crippen LogP contribution is 2.64. The Bertz CT molecular complexity index is 836. The third kappa shape index (κ3) is 2.33. The van der Waals surface area contributed by atoms with Gasteiger partial charge >= 0.3 is 11.9 Å². The summed E-state index contributed by atoms with van der Waals surface area (Å²) < 4.78 is 11.2. The number of carbonyl (C=O) groups is 3. The van der Waals surface area contributed by atoms with E-state index in [1.807, 2.05) is 19.9 Å². The molecule has 0 saturated heterocycles. The molecule has 6 nitrogen and oxygen atoms in total. The summed E-state index contributed by atoms with van der Waals surface area (Å²) in [5.41, 5.74) is -1.31. The topological polar surface area (TPSA) is 89.9 Å². The maximum absolute atomic E-state index is 12.5. The van der Waals surface area contributed by atoms with Gasteiger partial charge in [0.15, 0.2) is 11.9 Å². The van der Waals surface area contributed by atoms with Gasteiger partial charge < -0.3 is 14.6 Å². The number of ketones is 1. The summed E-state index contributed by atoms with van der Waals surface area (Å²) >= 11 is 0. The summed E-state index contributed by atoms with van der Waals surface area (Å²) in [6, 6.07) is 0. The average molecular weight is 388 g/mol. The van der Waals surface area contributed by atoms with Crippen LogP contribution in [0.25, 0.3) is 0 Å². The van der Waals surface area contributed by atoms with Gasteiger partial charge in [0.05, 0.1) is 0 Å². The summed E-state index contributed by atoms with van der Waals surface area (Å²) in [4.78, 5) is 36.6. The first-order chi connectivity index (χ1) is 12.9. The van der Waals surface area contributed by atoms with Crippen LogP contribution in [0.4, 0.5) is 0 Å². The molecule has 1 aliphatic heterocycles. The second kappa shape index (κ2) is 5.78. The highest BCUT2D eigenvalue weighted by Gasteiger charge is 2.67. The number of rotatable bonds is 1. The van der Waals surface area contributed by atoms with E-state index < -0.39 is 40.6 Å². The molecule has 0 bridgehead atoms. The molecule has 0 aromatic heterocycles. The predicted octanol–water partition coefficient (Wildman–Crippen LogP) is 2.49. The number of aliphatic hydroxyl groups is 1. The van der Waals surface area contributed by atoms with Crippen LogP contribution in [0.2, 0.25) is 0 Å². The molecule has 4 rings (SSSR count). The molecular weight excluding hydrogens is 360 g/mol. The molecule has 6 atom stereocenters. The Morgan fingerprint density at radius 2 is 1.93 bits per heavy atom. The van der Waals surface area contributed by atoms with E-state index in [2.05, 4.69) is 6.92 Å². The van der Waals surface area contributed by atoms with Gasteiger partial charge in [0, 0.05) is 29.4 Å². The fraction of sp³-hybridized carbons (Fsp3) is 0.682. The van der Waals surface area contributed by atoms with Crippen LogP contribution in [0.5, 0.6) is 0 Å². The Morgan fingerprint density at radius 1 is 1.25 bits per heavy atom. The van der Waals surface area contributed by atoms with E-state index in [4.69, 9.17) is 9.47 Å². The van der Waals surface area contributed by atoms with Gasteiger partial charge in [-0.1, -0.05) is 26.8 Å². The molecule has 0 aromatic carbocycles. The molecule has 0 aromatic rings.